The Labute approximate surface area is 138 Å². The monoisotopic (exact) mass is 343 g/mol. The van der Waals surface area contributed by atoms with Gasteiger partial charge in [-0.25, -0.2) is 17.5 Å². The van der Waals surface area contributed by atoms with Crippen molar-refractivity contribution in [1.82, 2.24) is 9.62 Å². The van der Waals surface area contributed by atoms with E-state index < -0.39 is 21.7 Å². The van der Waals surface area contributed by atoms with E-state index in [9.17, 15) is 13.2 Å². The van der Waals surface area contributed by atoms with Gasteiger partial charge in [0.2, 0.25) is 10.0 Å². The molecule has 23 heavy (non-hydrogen) atoms. The van der Waals surface area contributed by atoms with Crippen molar-refractivity contribution in [3.05, 3.63) is 24.3 Å². The second-order valence-electron chi connectivity index (χ2n) is 6.14. The second-order valence-corrected chi connectivity index (χ2v) is 8.26. The molecule has 0 aliphatic rings. The number of amides is 1. The van der Waals surface area contributed by atoms with Gasteiger partial charge in [0.25, 0.3) is 0 Å². The third-order valence-corrected chi connectivity index (χ3v) is 4.63. The van der Waals surface area contributed by atoms with Crippen LogP contribution in [0, 0.1) is 0 Å². The van der Waals surface area contributed by atoms with Crippen molar-refractivity contribution in [2.45, 2.75) is 31.3 Å². The molecule has 1 aromatic carbocycles. The number of rotatable bonds is 6. The second kappa shape index (κ2) is 7.65. The van der Waals surface area contributed by atoms with Gasteiger partial charge < -0.3 is 15.4 Å². The molecule has 8 heteroatoms. The summed E-state index contributed by atoms with van der Waals surface area (Å²) in [5.74, 6) is 0. The maximum Gasteiger partial charge on any atom is 0.407 e. The van der Waals surface area contributed by atoms with Crippen molar-refractivity contribution in [3.8, 4) is 0 Å². The number of sulfonamides is 1. The lowest BCUT2D eigenvalue weighted by atomic mass is 10.2. The lowest BCUT2D eigenvalue weighted by molar-refractivity contribution is 0.0530. The lowest BCUT2D eigenvalue weighted by Crippen LogP contribution is -2.35. The number of ether oxygens (including phenoxy) is 1. The van der Waals surface area contributed by atoms with E-state index in [4.69, 9.17) is 4.74 Å². The highest BCUT2D eigenvalue weighted by Crippen LogP contribution is 2.22. The van der Waals surface area contributed by atoms with Crippen LogP contribution in [0.3, 0.4) is 0 Å². The van der Waals surface area contributed by atoms with E-state index in [-0.39, 0.29) is 4.90 Å². The van der Waals surface area contributed by atoms with E-state index >= 15 is 0 Å². The Hall–Kier alpha value is -1.80. The Balaban J connectivity index is 2.62. The first-order valence-electron chi connectivity index (χ1n) is 7.26. The van der Waals surface area contributed by atoms with Crippen LogP contribution in [-0.2, 0) is 14.8 Å². The molecule has 0 saturated heterocycles. The molecule has 0 radical (unpaired) electrons. The number of carbonyl (C=O) groups is 1. The van der Waals surface area contributed by atoms with Crippen LogP contribution in [0.15, 0.2) is 29.2 Å². The highest BCUT2D eigenvalue weighted by atomic mass is 32.2. The molecule has 0 bridgehead atoms. The Morgan fingerprint density at radius 3 is 2.35 bits per heavy atom. The quantitative estimate of drug-likeness (QED) is 0.770. The van der Waals surface area contributed by atoms with Crippen molar-refractivity contribution in [2.75, 3.05) is 32.5 Å². The van der Waals surface area contributed by atoms with Crippen LogP contribution < -0.4 is 10.6 Å². The molecule has 0 atom stereocenters. The minimum Gasteiger partial charge on any atom is -0.444 e. The Morgan fingerprint density at radius 1 is 1.17 bits per heavy atom. The van der Waals surface area contributed by atoms with Gasteiger partial charge in [-0.05, 0) is 32.9 Å². The summed E-state index contributed by atoms with van der Waals surface area (Å²) in [6.45, 7) is 6.04. The molecule has 0 heterocycles. The van der Waals surface area contributed by atoms with Crippen LogP contribution in [0.5, 0.6) is 0 Å². The molecule has 0 aromatic heterocycles. The zero-order chi connectivity index (χ0) is 17.7. The lowest BCUT2D eigenvalue weighted by Gasteiger charge is -2.20. The maximum atomic E-state index is 12.2. The van der Waals surface area contributed by atoms with Crippen LogP contribution in [0.4, 0.5) is 10.5 Å². The van der Waals surface area contributed by atoms with Crippen molar-refractivity contribution < 1.29 is 17.9 Å². The summed E-state index contributed by atoms with van der Waals surface area (Å²) in [4.78, 5) is 11.7. The third-order valence-electron chi connectivity index (χ3n) is 2.75. The predicted octanol–water partition coefficient (Wildman–Crippen LogP) is 1.87. The van der Waals surface area contributed by atoms with Gasteiger partial charge in [-0.15, -0.1) is 0 Å². The summed E-state index contributed by atoms with van der Waals surface area (Å²) in [7, 11) is -0.562. The molecule has 0 spiro atoms. The first-order chi connectivity index (χ1) is 10.5. The zero-order valence-electron chi connectivity index (χ0n) is 14.2. The van der Waals surface area contributed by atoms with Crippen molar-refractivity contribution >= 4 is 21.8 Å². The molecular formula is C15H25N3O4S. The summed E-state index contributed by atoms with van der Waals surface area (Å²) >= 11 is 0. The summed E-state index contributed by atoms with van der Waals surface area (Å²) in [5.41, 5.74) is -0.0589. The normalized spacial score (nSPS) is 12.1. The standard InChI is InChI=1S/C15H25N3O4S/c1-15(2,3)22-14(19)17-11-10-16-12-8-6-7-9-13(12)23(20,21)18(4)5/h6-9,16H,10-11H2,1-5H3,(H,17,19). The summed E-state index contributed by atoms with van der Waals surface area (Å²) in [6.07, 6.45) is -0.506. The summed E-state index contributed by atoms with van der Waals surface area (Å²) in [6, 6.07) is 6.64. The minimum atomic E-state index is -3.53. The highest BCUT2D eigenvalue weighted by molar-refractivity contribution is 7.89. The molecule has 2 N–H and O–H groups in total. The number of hydrogen-bond acceptors (Lipinski definition) is 5. The SMILES string of the molecule is CN(C)S(=O)(=O)c1ccccc1NCCNC(=O)OC(C)(C)C. The van der Waals surface area contributed by atoms with Gasteiger partial charge in [-0.1, -0.05) is 12.1 Å². The molecule has 1 amide bonds. The van der Waals surface area contributed by atoms with Crippen LogP contribution >= 0.6 is 0 Å². The van der Waals surface area contributed by atoms with E-state index in [1.165, 1.54) is 14.1 Å². The third kappa shape index (κ3) is 6.07. The number of hydrogen-bond donors (Lipinski definition) is 2. The van der Waals surface area contributed by atoms with Crippen molar-refractivity contribution in [2.24, 2.45) is 0 Å². The first kappa shape index (κ1) is 19.2. The van der Waals surface area contributed by atoms with Gasteiger partial charge in [0.15, 0.2) is 0 Å². The van der Waals surface area contributed by atoms with Crippen LogP contribution in [0.25, 0.3) is 0 Å². The van der Waals surface area contributed by atoms with Crippen LogP contribution in [0.1, 0.15) is 20.8 Å². The van der Waals surface area contributed by atoms with E-state index in [0.717, 1.165) is 4.31 Å². The van der Waals surface area contributed by atoms with Crippen LogP contribution in [-0.4, -0.2) is 51.6 Å². The van der Waals surface area contributed by atoms with E-state index in [1.54, 1.807) is 45.0 Å². The van der Waals surface area contributed by atoms with Gasteiger partial charge >= 0.3 is 6.09 Å². The van der Waals surface area contributed by atoms with Gasteiger partial charge in [0.05, 0.1) is 5.69 Å². The molecule has 1 rings (SSSR count). The number of carbonyl (C=O) groups excluding carboxylic acids is 1. The molecule has 0 saturated carbocycles. The average Bonchev–Trinajstić information content (AvgIpc) is 2.42. The number of nitrogens with zero attached hydrogens (tertiary/aromatic N) is 1. The van der Waals surface area contributed by atoms with Crippen molar-refractivity contribution in [3.63, 3.8) is 0 Å². The van der Waals surface area contributed by atoms with Crippen molar-refractivity contribution in [1.29, 1.82) is 0 Å². The van der Waals surface area contributed by atoms with Gasteiger partial charge in [0, 0.05) is 27.2 Å². The number of anilines is 1. The molecule has 7 nitrogen and oxygen atoms in total. The number of alkyl carbamates (subject to hydrolysis) is 1. The molecule has 130 valence electrons. The largest absolute Gasteiger partial charge is 0.444 e. The Bertz CT molecular complexity index is 636. The van der Waals surface area contributed by atoms with Gasteiger partial charge in [-0.3, -0.25) is 0 Å². The Kier molecular flexibility index (Phi) is 6.40. The molecule has 0 fully saturated rings. The summed E-state index contributed by atoms with van der Waals surface area (Å²) in [5, 5.41) is 5.62. The van der Waals surface area contributed by atoms with E-state index in [1.807, 2.05) is 0 Å². The average molecular weight is 343 g/mol. The Morgan fingerprint density at radius 2 is 1.78 bits per heavy atom. The van der Waals surface area contributed by atoms with Gasteiger partial charge in [-0.2, -0.15) is 0 Å². The fourth-order valence-electron chi connectivity index (χ4n) is 1.71. The predicted molar refractivity (Wildman–Crippen MR) is 90.0 cm³/mol. The first-order valence-corrected chi connectivity index (χ1v) is 8.70. The number of nitrogens with one attached hydrogen (secondary N) is 2. The maximum absolute atomic E-state index is 12.2. The van der Waals surface area contributed by atoms with Crippen LogP contribution in [0.2, 0.25) is 0 Å². The minimum absolute atomic E-state index is 0.197. The molecule has 1 aromatic rings. The molecule has 0 unspecified atom stereocenters. The number of benzene rings is 1. The highest BCUT2D eigenvalue weighted by Gasteiger charge is 2.20. The number of para-hydroxylation sites is 1. The van der Waals surface area contributed by atoms with Gasteiger partial charge in [0.1, 0.15) is 10.5 Å². The molecular weight excluding hydrogens is 318 g/mol. The summed E-state index contributed by atoms with van der Waals surface area (Å²) < 4.78 is 30.8. The topological polar surface area (TPSA) is 87.7 Å². The molecule has 0 aliphatic carbocycles. The van der Waals surface area contributed by atoms with E-state index in [2.05, 4.69) is 10.6 Å². The van der Waals surface area contributed by atoms with E-state index in [0.29, 0.717) is 18.8 Å². The molecule has 0 aliphatic heterocycles. The fourth-order valence-corrected chi connectivity index (χ4v) is 2.77. The fraction of sp³-hybridized carbons (Fsp3) is 0.533. The zero-order valence-corrected chi connectivity index (χ0v) is 15.0. The smallest absolute Gasteiger partial charge is 0.407 e.